The third kappa shape index (κ3) is 4.05. The number of benzene rings is 2. The van der Waals surface area contributed by atoms with Gasteiger partial charge in [-0.15, -0.1) is 0 Å². The molecule has 0 spiro atoms. The maximum absolute atomic E-state index is 5.46. The second-order valence-electron chi connectivity index (χ2n) is 7.13. The average Bonchev–Trinajstić information content (AvgIpc) is 2.66. The Bertz CT molecular complexity index is 694. The van der Waals surface area contributed by atoms with Gasteiger partial charge in [0.2, 0.25) is 0 Å². The fraction of sp³-hybridized carbons (Fsp3) is 0.455. The lowest BCUT2D eigenvalue weighted by atomic mass is 9.95. The molecule has 2 heterocycles. The van der Waals surface area contributed by atoms with Crippen molar-refractivity contribution in [3.8, 4) is 0 Å². The largest absolute Gasteiger partial charge is 0.379 e. The van der Waals surface area contributed by atoms with Crippen LogP contribution in [0.2, 0.25) is 0 Å². The molecule has 0 aromatic heterocycles. The molecule has 0 radical (unpaired) electrons. The van der Waals surface area contributed by atoms with Gasteiger partial charge in [-0.1, -0.05) is 42.5 Å². The van der Waals surface area contributed by atoms with Crippen LogP contribution >= 0.6 is 0 Å². The molecule has 1 saturated heterocycles. The van der Waals surface area contributed by atoms with Crippen LogP contribution in [0.15, 0.2) is 48.5 Å². The zero-order valence-corrected chi connectivity index (χ0v) is 15.0. The van der Waals surface area contributed by atoms with Gasteiger partial charge in [-0.2, -0.15) is 0 Å². The normalized spacial score (nSPS) is 18.2. The Morgan fingerprint density at radius 2 is 1.44 bits per heavy atom. The zero-order valence-electron chi connectivity index (χ0n) is 15.0. The lowest BCUT2D eigenvalue weighted by Crippen LogP contribution is -2.38. The molecule has 4 rings (SSSR count). The second kappa shape index (κ2) is 8.03. The molecule has 2 aliphatic heterocycles. The van der Waals surface area contributed by atoms with Crippen LogP contribution in [0.3, 0.4) is 0 Å². The van der Waals surface area contributed by atoms with Gasteiger partial charge in [0.05, 0.1) is 13.2 Å². The number of nitrogens with zero attached hydrogens (tertiary/aromatic N) is 2. The summed E-state index contributed by atoms with van der Waals surface area (Å²) in [5, 5.41) is 0. The summed E-state index contributed by atoms with van der Waals surface area (Å²) in [6.45, 7) is 7.25. The number of para-hydroxylation sites is 1. The van der Waals surface area contributed by atoms with E-state index in [4.69, 9.17) is 4.74 Å². The van der Waals surface area contributed by atoms with Gasteiger partial charge in [0.15, 0.2) is 0 Å². The second-order valence-corrected chi connectivity index (χ2v) is 7.13. The third-order valence-electron chi connectivity index (χ3n) is 5.48. The minimum Gasteiger partial charge on any atom is -0.379 e. The van der Waals surface area contributed by atoms with E-state index < -0.39 is 0 Å². The van der Waals surface area contributed by atoms with Crippen LogP contribution < -0.4 is 4.90 Å². The number of hydrogen-bond acceptors (Lipinski definition) is 3. The number of aryl methyl sites for hydroxylation is 2. The molecular weight excluding hydrogens is 308 g/mol. The maximum atomic E-state index is 5.46. The lowest BCUT2D eigenvalue weighted by Gasteiger charge is -2.32. The molecule has 2 aromatic rings. The summed E-state index contributed by atoms with van der Waals surface area (Å²) in [6, 6.07) is 17.9. The SMILES string of the molecule is c1ccc2c(c1)CCc1ccccc1N(CCCN1CCOCC1)C2. The fourth-order valence-electron chi connectivity index (χ4n) is 4.06. The van der Waals surface area contributed by atoms with E-state index in [9.17, 15) is 0 Å². The minimum absolute atomic E-state index is 0.889. The summed E-state index contributed by atoms with van der Waals surface area (Å²) in [6.07, 6.45) is 3.48. The maximum Gasteiger partial charge on any atom is 0.0594 e. The Labute approximate surface area is 151 Å². The Balaban J connectivity index is 1.49. The van der Waals surface area contributed by atoms with Gasteiger partial charge < -0.3 is 9.64 Å². The van der Waals surface area contributed by atoms with Crippen LogP contribution in [0.1, 0.15) is 23.1 Å². The first kappa shape index (κ1) is 16.6. The summed E-state index contributed by atoms with van der Waals surface area (Å²) in [5.41, 5.74) is 5.92. The minimum atomic E-state index is 0.889. The molecule has 0 N–H and O–H groups in total. The highest BCUT2D eigenvalue weighted by atomic mass is 16.5. The Kier molecular flexibility index (Phi) is 5.34. The molecule has 3 heteroatoms. The molecule has 2 aliphatic rings. The summed E-state index contributed by atoms with van der Waals surface area (Å²) in [4.78, 5) is 5.13. The van der Waals surface area contributed by atoms with E-state index in [0.717, 1.165) is 52.2 Å². The highest BCUT2D eigenvalue weighted by Crippen LogP contribution is 2.28. The quantitative estimate of drug-likeness (QED) is 0.850. The van der Waals surface area contributed by atoms with Crippen molar-refractivity contribution in [3.05, 3.63) is 65.2 Å². The van der Waals surface area contributed by atoms with Gasteiger partial charge in [-0.25, -0.2) is 0 Å². The molecule has 0 unspecified atom stereocenters. The third-order valence-corrected chi connectivity index (χ3v) is 5.48. The molecule has 0 bridgehead atoms. The van der Waals surface area contributed by atoms with Crippen molar-refractivity contribution < 1.29 is 4.74 Å². The van der Waals surface area contributed by atoms with Crippen molar-refractivity contribution >= 4 is 5.69 Å². The van der Waals surface area contributed by atoms with Gasteiger partial charge >= 0.3 is 0 Å². The Hall–Kier alpha value is -1.84. The number of hydrogen-bond donors (Lipinski definition) is 0. The van der Waals surface area contributed by atoms with Crippen molar-refractivity contribution in [3.63, 3.8) is 0 Å². The van der Waals surface area contributed by atoms with E-state index >= 15 is 0 Å². The smallest absolute Gasteiger partial charge is 0.0594 e. The Morgan fingerprint density at radius 3 is 2.28 bits per heavy atom. The number of rotatable bonds is 4. The van der Waals surface area contributed by atoms with E-state index in [1.807, 2.05) is 0 Å². The highest BCUT2D eigenvalue weighted by Gasteiger charge is 2.17. The monoisotopic (exact) mass is 336 g/mol. The van der Waals surface area contributed by atoms with Crippen molar-refractivity contribution in [2.45, 2.75) is 25.8 Å². The molecule has 3 nitrogen and oxygen atoms in total. The molecule has 0 aliphatic carbocycles. The van der Waals surface area contributed by atoms with Crippen LogP contribution in [-0.4, -0.2) is 44.3 Å². The van der Waals surface area contributed by atoms with E-state index in [1.54, 1.807) is 0 Å². The molecular formula is C22H28N2O. The summed E-state index contributed by atoms with van der Waals surface area (Å²) < 4.78 is 5.46. The van der Waals surface area contributed by atoms with Crippen LogP contribution in [0.5, 0.6) is 0 Å². The number of morpholine rings is 1. The van der Waals surface area contributed by atoms with Gasteiger partial charge in [0.25, 0.3) is 0 Å². The topological polar surface area (TPSA) is 15.7 Å². The fourth-order valence-corrected chi connectivity index (χ4v) is 4.06. The number of fused-ring (bicyclic) bond motifs is 2. The first-order valence-corrected chi connectivity index (χ1v) is 9.60. The zero-order chi connectivity index (χ0) is 16.9. The number of anilines is 1. The van der Waals surface area contributed by atoms with E-state index in [0.29, 0.717) is 0 Å². The molecule has 0 saturated carbocycles. The van der Waals surface area contributed by atoms with E-state index in [2.05, 4.69) is 58.3 Å². The van der Waals surface area contributed by atoms with E-state index in [-0.39, 0.29) is 0 Å². The molecule has 1 fully saturated rings. The lowest BCUT2D eigenvalue weighted by molar-refractivity contribution is 0.0376. The van der Waals surface area contributed by atoms with Crippen molar-refractivity contribution in [2.24, 2.45) is 0 Å². The van der Waals surface area contributed by atoms with E-state index in [1.165, 1.54) is 35.3 Å². The van der Waals surface area contributed by atoms with Gasteiger partial charge in [-0.3, -0.25) is 4.90 Å². The summed E-state index contributed by atoms with van der Waals surface area (Å²) >= 11 is 0. The summed E-state index contributed by atoms with van der Waals surface area (Å²) in [5.74, 6) is 0. The first-order valence-electron chi connectivity index (χ1n) is 9.60. The number of ether oxygens (including phenoxy) is 1. The summed E-state index contributed by atoms with van der Waals surface area (Å²) in [7, 11) is 0. The molecule has 132 valence electrons. The van der Waals surface area contributed by atoms with Crippen molar-refractivity contribution in [1.82, 2.24) is 4.90 Å². The molecule has 2 aromatic carbocycles. The highest BCUT2D eigenvalue weighted by molar-refractivity contribution is 5.55. The van der Waals surface area contributed by atoms with Crippen molar-refractivity contribution in [2.75, 3.05) is 44.3 Å². The predicted octanol–water partition coefficient (Wildman–Crippen LogP) is 3.51. The van der Waals surface area contributed by atoms with Crippen LogP contribution in [0.25, 0.3) is 0 Å². The van der Waals surface area contributed by atoms with Crippen LogP contribution in [0, 0.1) is 0 Å². The van der Waals surface area contributed by atoms with Crippen LogP contribution in [0.4, 0.5) is 5.69 Å². The van der Waals surface area contributed by atoms with Gasteiger partial charge in [0, 0.05) is 38.4 Å². The average molecular weight is 336 g/mol. The molecule has 25 heavy (non-hydrogen) atoms. The standard InChI is InChI=1S/C22H28N2O/c1-2-8-21-18-24(13-5-12-23-14-16-25-17-15-23)22-9-4-3-7-20(22)11-10-19(21)6-1/h1-4,6-9H,5,10-18H2. The van der Waals surface area contributed by atoms with Gasteiger partial charge in [0.1, 0.15) is 0 Å². The van der Waals surface area contributed by atoms with Crippen LogP contribution in [-0.2, 0) is 24.1 Å². The Morgan fingerprint density at radius 1 is 0.760 bits per heavy atom. The molecule has 0 atom stereocenters. The van der Waals surface area contributed by atoms with Crippen molar-refractivity contribution in [1.29, 1.82) is 0 Å². The first-order chi connectivity index (χ1) is 12.4. The predicted molar refractivity (Wildman–Crippen MR) is 103 cm³/mol. The molecule has 0 amide bonds. The van der Waals surface area contributed by atoms with Gasteiger partial charge in [-0.05, 0) is 42.0 Å².